The molecule has 0 aliphatic carbocycles. The van der Waals surface area contributed by atoms with Crippen molar-refractivity contribution >= 4 is 47.3 Å². The monoisotopic (exact) mass is 1020 g/mol. The number of hydrogen-bond acceptors (Lipinski definition) is 12. The predicted molar refractivity (Wildman–Crippen MR) is 278 cm³/mol. The van der Waals surface area contributed by atoms with Gasteiger partial charge in [0.15, 0.2) is 0 Å². The number of aliphatic hydroxyl groups excluding tert-OH is 1. The van der Waals surface area contributed by atoms with E-state index in [1.807, 2.05) is 0 Å². The zero-order chi connectivity index (χ0) is 53.7. The number of unbranched alkanes of at least 4 members (excludes halogenated alkanes) is 16. The van der Waals surface area contributed by atoms with Gasteiger partial charge < -0.3 is 65.0 Å². The van der Waals surface area contributed by atoms with E-state index in [4.69, 9.17) is 22.9 Å². The van der Waals surface area contributed by atoms with E-state index in [2.05, 4.69) is 38.8 Å². The number of primary amides is 2. The van der Waals surface area contributed by atoms with Crippen molar-refractivity contribution < 1.29 is 48.6 Å². The van der Waals surface area contributed by atoms with Gasteiger partial charge in [-0.05, 0) is 88.1 Å². The normalized spacial score (nSPS) is 13.7. The molecule has 0 aliphatic heterocycles. The second kappa shape index (κ2) is 39.2. The molecule has 8 amide bonds. The number of nitrogens with one attached hydrogen (secondary N) is 6. The van der Waals surface area contributed by atoms with Crippen molar-refractivity contribution in [3.63, 3.8) is 0 Å². The van der Waals surface area contributed by atoms with Crippen LogP contribution in [0.4, 0.5) is 0 Å². The molecule has 1 rings (SSSR count). The predicted octanol–water partition coefficient (Wildman–Crippen LogP) is 2.76. The smallest absolute Gasteiger partial charge is 0.243 e. The number of phenols is 1. The minimum absolute atomic E-state index is 0.0252. The molecule has 0 fully saturated rings. The van der Waals surface area contributed by atoms with Gasteiger partial charge in [-0.15, -0.1) is 0 Å². The van der Waals surface area contributed by atoms with Crippen LogP contribution in [-0.4, -0.2) is 113 Å². The van der Waals surface area contributed by atoms with Crippen LogP contribution in [0.2, 0.25) is 0 Å². The standard InChI is InChI=1S/C52H92N10O10/c1-4-5-6-7-8-9-10-11-12-13-14-15-16-17-18-25-46(66)57-39(23-19-21-30-53)48(68)58-40(24-20-22-31-54)49(69)60-42(33-37-26-28-38(64)29-27-37)51(71)59-41(32-36(2)3)50(70)61-43(34-45(55)65)52(72)62-44(35-63)47(56)67/h26-29,36,39-44,63-64H,4-25,30-35,53-54H2,1-3H3,(H2,55,65)(H2,56,67)(H,57,66)(H,58,68)(H,59,71)(H,60,69)(H,61,70)(H,62,72)/t39-,40-,41-,42-,43-,44-/m0/s1. The number of amides is 8. The first kappa shape index (κ1) is 64.7. The van der Waals surface area contributed by atoms with E-state index in [-0.39, 0.29) is 49.7 Å². The van der Waals surface area contributed by atoms with Gasteiger partial charge >= 0.3 is 0 Å². The van der Waals surface area contributed by atoms with Crippen LogP contribution in [0.5, 0.6) is 5.75 Å². The van der Waals surface area contributed by atoms with Gasteiger partial charge in [0.05, 0.1) is 13.0 Å². The van der Waals surface area contributed by atoms with Crippen molar-refractivity contribution in [1.82, 2.24) is 31.9 Å². The number of aromatic hydroxyl groups is 1. The maximum atomic E-state index is 14.3. The molecule has 0 heterocycles. The van der Waals surface area contributed by atoms with Crippen molar-refractivity contribution in [2.75, 3.05) is 19.7 Å². The van der Waals surface area contributed by atoms with E-state index in [1.165, 1.54) is 82.8 Å². The van der Waals surface area contributed by atoms with Crippen LogP contribution in [0.15, 0.2) is 24.3 Å². The summed E-state index contributed by atoms with van der Waals surface area (Å²) in [6.07, 6.45) is 20.0. The number of carbonyl (C=O) groups excluding carboxylic acids is 8. The summed E-state index contributed by atoms with van der Waals surface area (Å²) < 4.78 is 0. The van der Waals surface area contributed by atoms with Crippen LogP contribution in [0.3, 0.4) is 0 Å². The van der Waals surface area contributed by atoms with Gasteiger partial charge in [-0.1, -0.05) is 123 Å². The number of carbonyl (C=O) groups is 8. The summed E-state index contributed by atoms with van der Waals surface area (Å²) in [5, 5.41) is 35.1. The third-order valence-electron chi connectivity index (χ3n) is 12.4. The second-order valence-electron chi connectivity index (χ2n) is 19.5. The van der Waals surface area contributed by atoms with Gasteiger partial charge in [0, 0.05) is 12.8 Å². The maximum absolute atomic E-state index is 14.3. The summed E-state index contributed by atoms with van der Waals surface area (Å²) in [5.41, 5.74) is 22.7. The second-order valence-corrected chi connectivity index (χ2v) is 19.5. The first-order chi connectivity index (χ1) is 34.4. The van der Waals surface area contributed by atoms with Crippen molar-refractivity contribution in [2.45, 2.75) is 218 Å². The summed E-state index contributed by atoms with van der Waals surface area (Å²) >= 11 is 0. The van der Waals surface area contributed by atoms with E-state index in [0.29, 0.717) is 50.8 Å². The molecule has 0 unspecified atom stereocenters. The molecule has 20 nitrogen and oxygen atoms in total. The van der Waals surface area contributed by atoms with E-state index in [1.54, 1.807) is 26.0 Å². The third kappa shape index (κ3) is 29.9. The van der Waals surface area contributed by atoms with Gasteiger partial charge in [-0.2, -0.15) is 0 Å². The molecule has 0 radical (unpaired) electrons. The number of phenolic OH excluding ortho intramolecular Hbond substituents is 1. The SMILES string of the molecule is CCCCCCCCCCCCCCCCCC(=O)N[C@@H](CCCCN)C(=O)N[C@@H](CCCCN)C(=O)N[C@@H](Cc1ccc(O)cc1)C(=O)N[C@@H](CC(C)C)C(=O)N[C@@H](CC(N)=O)C(=O)N[C@@H](CO)C(N)=O. The number of rotatable bonds is 43. The molecule has 0 saturated carbocycles. The molecular weight excluding hydrogens is 925 g/mol. The molecule has 16 N–H and O–H groups in total. The molecule has 0 aromatic heterocycles. The Balaban J connectivity index is 3.18. The summed E-state index contributed by atoms with van der Waals surface area (Å²) in [6, 6.07) is -2.08. The summed E-state index contributed by atoms with van der Waals surface area (Å²) in [5.74, 6) is -6.64. The Labute approximate surface area is 428 Å². The number of hydrogen-bond donors (Lipinski definition) is 12. The van der Waals surface area contributed by atoms with Crippen molar-refractivity contribution in [2.24, 2.45) is 28.9 Å². The highest BCUT2D eigenvalue weighted by Crippen LogP contribution is 2.16. The fourth-order valence-corrected chi connectivity index (χ4v) is 8.21. The van der Waals surface area contributed by atoms with E-state index in [0.717, 1.165) is 19.3 Å². The van der Waals surface area contributed by atoms with E-state index >= 15 is 0 Å². The van der Waals surface area contributed by atoms with Gasteiger partial charge in [0.1, 0.15) is 42.0 Å². The molecule has 0 aliphatic rings. The summed E-state index contributed by atoms with van der Waals surface area (Å²) in [7, 11) is 0. The Hall–Kier alpha value is -5.34. The zero-order valence-electron chi connectivity index (χ0n) is 43.6. The Morgan fingerprint density at radius 3 is 1.36 bits per heavy atom. The Morgan fingerprint density at radius 1 is 0.500 bits per heavy atom. The topological polar surface area (TPSA) is 353 Å². The highest BCUT2D eigenvalue weighted by Gasteiger charge is 2.34. The van der Waals surface area contributed by atoms with Crippen molar-refractivity contribution in [1.29, 1.82) is 0 Å². The lowest BCUT2D eigenvalue weighted by molar-refractivity contribution is -0.136. The summed E-state index contributed by atoms with van der Waals surface area (Å²) in [6.45, 7) is 5.63. The van der Waals surface area contributed by atoms with Gasteiger partial charge in [-0.3, -0.25) is 38.4 Å². The molecule has 20 heteroatoms. The number of nitrogens with two attached hydrogens (primary N) is 4. The highest BCUT2D eigenvalue weighted by atomic mass is 16.3. The quantitative estimate of drug-likeness (QED) is 0.0421. The Morgan fingerprint density at radius 2 is 0.903 bits per heavy atom. The Kier molecular flexibility index (Phi) is 35.2. The molecular formula is C52H92N10O10. The summed E-state index contributed by atoms with van der Waals surface area (Å²) in [4.78, 5) is 106. The highest BCUT2D eigenvalue weighted by molar-refractivity contribution is 5.98. The molecule has 0 bridgehead atoms. The van der Waals surface area contributed by atoms with Crippen molar-refractivity contribution in [3.05, 3.63) is 29.8 Å². The van der Waals surface area contributed by atoms with Crippen LogP contribution >= 0.6 is 0 Å². The molecule has 1 aromatic rings. The minimum atomic E-state index is -1.63. The molecule has 72 heavy (non-hydrogen) atoms. The Bertz CT molecular complexity index is 1750. The average Bonchev–Trinajstić information content (AvgIpc) is 3.33. The first-order valence-corrected chi connectivity index (χ1v) is 26.6. The average molecular weight is 1020 g/mol. The van der Waals surface area contributed by atoms with Crippen LogP contribution < -0.4 is 54.8 Å². The fourth-order valence-electron chi connectivity index (χ4n) is 8.21. The lowest BCUT2D eigenvalue weighted by atomic mass is 9.99. The van der Waals surface area contributed by atoms with Gasteiger partial charge in [-0.25, -0.2) is 0 Å². The van der Waals surface area contributed by atoms with Crippen molar-refractivity contribution in [3.8, 4) is 5.75 Å². The number of aliphatic hydroxyl groups is 1. The minimum Gasteiger partial charge on any atom is -0.508 e. The largest absolute Gasteiger partial charge is 0.508 e. The fraction of sp³-hybridized carbons (Fsp3) is 0.731. The number of benzene rings is 1. The van der Waals surface area contributed by atoms with E-state index < -0.39 is 90.6 Å². The molecule has 6 atom stereocenters. The molecule has 0 spiro atoms. The third-order valence-corrected chi connectivity index (χ3v) is 12.4. The van der Waals surface area contributed by atoms with Crippen LogP contribution in [0.25, 0.3) is 0 Å². The lowest BCUT2D eigenvalue weighted by Gasteiger charge is -2.28. The van der Waals surface area contributed by atoms with E-state index in [9.17, 15) is 48.6 Å². The molecule has 1 aromatic carbocycles. The molecule has 410 valence electrons. The van der Waals surface area contributed by atoms with Crippen LogP contribution in [0.1, 0.15) is 180 Å². The van der Waals surface area contributed by atoms with Gasteiger partial charge in [0.25, 0.3) is 0 Å². The lowest BCUT2D eigenvalue weighted by Crippen LogP contribution is -2.60. The van der Waals surface area contributed by atoms with Crippen LogP contribution in [-0.2, 0) is 44.8 Å². The maximum Gasteiger partial charge on any atom is 0.243 e. The zero-order valence-corrected chi connectivity index (χ0v) is 43.6. The molecule has 0 saturated heterocycles. The van der Waals surface area contributed by atoms with Gasteiger partial charge in [0.2, 0.25) is 47.3 Å². The van der Waals surface area contributed by atoms with Crippen LogP contribution in [0, 0.1) is 5.92 Å². The first-order valence-electron chi connectivity index (χ1n) is 26.6.